The Balaban J connectivity index is 2.38. The van der Waals surface area contributed by atoms with Crippen LogP contribution in [0, 0.1) is 0 Å². The molecule has 0 bridgehead atoms. The van der Waals surface area contributed by atoms with Crippen molar-refractivity contribution in [3.8, 4) is 0 Å². The fourth-order valence-electron chi connectivity index (χ4n) is 0.725. The molecule has 64 valence electrons. The number of amides is 2. The second-order valence-electron chi connectivity index (χ2n) is 2.16. The van der Waals surface area contributed by atoms with Crippen LogP contribution in [0.15, 0.2) is 24.5 Å². The van der Waals surface area contributed by atoms with Crippen LogP contribution in [0.2, 0.25) is 0 Å². The van der Waals surface area contributed by atoms with Crippen molar-refractivity contribution in [1.29, 1.82) is 0 Å². The first-order valence-electron chi connectivity index (χ1n) is 3.40. The third-order valence-electron chi connectivity index (χ3n) is 1.28. The summed E-state index contributed by atoms with van der Waals surface area (Å²) in [6.07, 6.45) is 3.28. The molecule has 0 saturated carbocycles. The van der Waals surface area contributed by atoms with Crippen LogP contribution >= 0.6 is 0 Å². The maximum Gasteiger partial charge on any atom is 0.338 e. The van der Waals surface area contributed by atoms with Crippen molar-refractivity contribution in [2.24, 2.45) is 0 Å². The van der Waals surface area contributed by atoms with Gasteiger partial charge in [0.25, 0.3) is 0 Å². The summed E-state index contributed by atoms with van der Waals surface area (Å²) in [6.45, 7) is 0.347. The number of hydroxylamine groups is 1. The minimum Gasteiger partial charge on any atom is -0.332 e. The van der Waals surface area contributed by atoms with E-state index in [1.54, 1.807) is 18.5 Å². The fraction of sp³-hybridized carbons (Fsp3) is 0.143. The molecule has 1 heterocycles. The molecule has 0 fully saturated rings. The van der Waals surface area contributed by atoms with E-state index in [2.05, 4.69) is 10.3 Å². The monoisotopic (exact) mass is 167 g/mol. The molecule has 0 aliphatic heterocycles. The second-order valence-corrected chi connectivity index (χ2v) is 2.16. The molecule has 0 aliphatic carbocycles. The Labute approximate surface area is 69.4 Å². The van der Waals surface area contributed by atoms with Gasteiger partial charge in [0, 0.05) is 18.9 Å². The van der Waals surface area contributed by atoms with Gasteiger partial charge in [-0.3, -0.25) is 10.2 Å². The summed E-state index contributed by atoms with van der Waals surface area (Å²) in [6, 6.07) is 2.97. The van der Waals surface area contributed by atoms with Gasteiger partial charge in [0.05, 0.1) is 0 Å². The Hall–Kier alpha value is -1.62. The van der Waals surface area contributed by atoms with Crippen LogP contribution in [0.3, 0.4) is 0 Å². The molecular weight excluding hydrogens is 158 g/mol. The van der Waals surface area contributed by atoms with E-state index in [0.29, 0.717) is 6.54 Å². The van der Waals surface area contributed by atoms with Gasteiger partial charge >= 0.3 is 6.03 Å². The summed E-state index contributed by atoms with van der Waals surface area (Å²) in [7, 11) is 0. The summed E-state index contributed by atoms with van der Waals surface area (Å²) >= 11 is 0. The topological polar surface area (TPSA) is 74.2 Å². The Morgan fingerprint density at radius 3 is 3.08 bits per heavy atom. The Kier molecular flexibility index (Phi) is 3.04. The van der Waals surface area contributed by atoms with Crippen molar-refractivity contribution in [3.63, 3.8) is 0 Å². The van der Waals surface area contributed by atoms with Gasteiger partial charge in [0.1, 0.15) is 0 Å². The lowest BCUT2D eigenvalue weighted by Crippen LogP contribution is -2.32. The van der Waals surface area contributed by atoms with Gasteiger partial charge in [0.2, 0.25) is 0 Å². The number of hydrogen-bond acceptors (Lipinski definition) is 3. The first-order valence-corrected chi connectivity index (χ1v) is 3.40. The molecule has 2 amide bonds. The number of aromatic nitrogens is 1. The molecule has 12 heavy (non-hydrogen) atoms. The minimum absolute atomic E-state index is 0.347. The molecule has 1 aromatic heterocycles. The van der Waals surface area contributed by atoms with Gasteiger partial charge < -0.3 is 5.32 Å². The van der Waals surface area contributed by atoms with Crippen LogP contribution in [0.4, 0.5) is 4.79 Å². The zero-order valence-corrected chi connectivity index (χ0v) is 6.32. The van der Waals surface area contributed by atoms with Crippen LogP contribution in [-0.4, -0.2) is 16.2 Å². The van der Waals surface area contributed by atoms with E-state index < -0.39 is 6.03 Å². The quantitative estimate of drug-likeness (QED) is 0.437. The van der Waals surface area contributed by atoms with Gasteiger partial charge in [-0.05, 0) is 11.6 Å². The van der Waals surface area contributed by atoms with Gasteiger partial charge in [0.15, 0.2) is 0 Å². The number of rotatable bonds is 2. The summed E-state index contributed by atoms with van der Waals surface area (Å²) < 4.78 is 0. The molecule has 0 atom stereocenters. The molecule has 5 nitrogen and oxygen atoms in total. The highest BCUT2D eigenvalue weighted by Crippen LogP contribution is 1.93. The predicted octanol–water partition coefficient (Wildman–Crippen LogP) is 0.270. The minimum atomic E-state index is -0.626. The number of pyridine rings is 1. The SMILES string of the molecule is O=C(NO)NCc1cccnc1. The Morgan fingerprint density at radius 2 is 2.50 bits per heavy atom. The first kappa shape index (κ1) is 8.48. The van der Waals surface area contributed by atoms with Crippen molar-refractivity contribution in [3.05, 3.63) is 30.1 Å². The standard InChI is InChI=1S/C7H9N3O2/c11-7(10-12)9-5-6-2-1-3-8-4-6/h1-4,12H,5H2,(H2,9,10,11). The summed E-state index contributed by atoms with van der Waals surface area (Å²) in [5, 5.41) is 10.5. The number of urea groups is 1. The van der Waals surface area contributed by atoms with Crippen molar-refractivity contribution in [2.75, 3.05) is 0 Å². The number of nitrogens with zero attached hydrogens (tertiary/aromatic N) is 1. The van der Waals surface area contributed by atoms with Gasteiger partial charge in [-0.25, -0.2) is 10.3 Å². The van der Waals surface area contributed by atoms with Gasteiger partial charge in [-0.15, -0.1) is 0 Å². The summed E-state index contributed by atoms with van der Waals surface area (Å²) in [5.41, 5.74) is 2.34. The molecule has 3 N–H and O–H groups in total. The van der Waals surface area contributed by atoms with E-state index in [0.717, 1.165) is 5.56 Å². The molecule has 0 aromatic carbocycles. The highest BCUT2D eigenvalue weighted by molar-refractivity contribution is 5.72. The van der Waals surface area contributed by atoms with Crippen LogP contribution in [0.25, 0.3) is 0 Å². The van der Waals surface area contributed by atoms with Crippen LogP contribution < -0.4 is 10.8 Å². The normalized spacial score (nSPS) is 9.08. The smallest absolute Gasteiger partial charge is 0.332 e. The summed E-state index contributed by atoms with van der Waals surface area (Å²) in [4.78, 5) is 14.3. The molecule has 5 heteroatoms. The number of carbonyl (C=O) groups is 1. The molecule has 1 rings (SSSR count). The first-order chi connectivity index (χ1) is 5.83. The Morgan fingerprint density at radius 1 is 1.67 bits per heavy atom. The van der Waals surface area contributed by atoms with Crippen LogP contribution in [0.5, 0.6) is 0 Å². The van der Waals surface area contributed by atoms with Crippen LogP contribution in [0.1, 0.15) is 5.56 Å². The zero-order valence-electron chi connectivity index (χ0n) is 6.32. The third kappa shape index (κ3) is 2.55. The van der Waals surface area contributed by atoms with Gasteiger partial charge in [-0.1, -0.05) is 6.07 Å². The number of carbonyl (C=O) groups excluding carboxylic acids is 1. The van der Waals surface area contributed by atoms with Crippen molar-refractivity contribution in [1.82, 2.24) is 15.8 Å². The van der Waals surface area contributed by atoms with Crippen molar-refractivity contribution in [2.45, 2.75) is 6.54 Å². The molecule has 0 saturated heterocycles. The molecule has 0 radical (unpaired) electrons. The molecule has 0 spiro atoms. The molecular formula is C7H9N3O2. The number of nitrogens with one attached hydrogen (secondary N) is 2. The third-order valence-corrected chi connectivity index (χ3v) is 1.28. The lowest BCUT2D eigenvalue weighted by Gasteiger charge is -2.01. The largest absolute Gasteiger partial charge is 0.338 e. The van der Waals surface area contributed by atoms with Gasteiger partial charge in [-0.2, -0.15) is 0 Å². The highest BCUT2D eigenvalue weighted by atomic mass is 16.5. The molecule has 0 aliphatic rings. The molecule has 1 aromatic rings. The fourth-order valence-corrected chi connectivity index (χ4v) is 0.725. The predicted molar refractivity (Wildman–Crippen MR) is 41.4 cm³/mol. The molecule has 0 unspecified atom stereocenters. The lowest BCUT2D eigenvalue weighted by molar-refractivity contribution is 0.161. The maximum absolute atomic E-state index is 10.5. The average molecular weight is 167 g/mol. The van der Waals surface area contributed by atoms with Crippen molar-refractivity contribution < 1.29 is 10.0 Å². The average Bonchev–Trinajstić information content (AvgIpc) is 2.16. The van der Waals surface area contributed by atoms with E-state index >= 15 is 0 Å². The highest BCUT2D eigenvalue weighted by Gasteiger charge is 1.96. The number of hydrogen-bond donors (Lipinski definition) is 3. The van der Waals surface area contributed by atoms with E-state index in [4.69, 9.17) is 5.21 Å². The van der Waals surface area contributed by atoms with Crippen molar-refractivity contribution >= 4 is 6.03 Å². The van der Waals surface area contributed by atoms with Crippen LogP contribution in [-0.2, 0) is 6.54 Å². The zero-order chi connectivity index (χ0) is 8.81. The Bertz CT molecular complexity index is 250. The van der Waals surface area contributed by atoms with E-state index in [1.165, 1.54) is 5.48 Å². The summed E-state index contributed by atoms with van der Waals surface area (Å²) in [5.74, 6) is 0. The maximum atomic E-state index is 10.5. The van der Waals surface area contributed by atoms with E-state index in [9.17, 15) is 4.79 Å². The van der Waals surface area contributed by atoms with E-state index in [-0.39, 0.29) is 0 Å². The second kappa shape index (κ2) is 4.30. The van der Waals surface area contributed by atoms with E-state index in [1.807, 2.05) is 6.07 Å². The lowest BCUT2D eigenvalue weighted by atomic mass is 10.3.